The maximum Gasteiger partial charge on any atom is 0.417 e. The number of hydrogen-bond donors (Lipinski definition) is 0. The highest BCUT2D eigenvalue weighted by Crippen LogP contribution is 2.40. The number of hydrogen-bond acceptors (Lipinski definition) is 2. The molecule has 0 aliphatic carbocycles. The minimum absolute atomic E-state index is 0.289. The molecule has 2 aromatic rings. The molecule has 2 rings (SSSR count). The average molecular weight is 404 g/mol. The van der Waals surface area contributed by atoms with Crippen molar-refractivity contribution in [2.24, 2.45) is 0 Å². The normalized spacial score (nSPS) is 12.1. The summed E-state index contributed by atoms with van der Waals surface area (Å²) in [6.07, 6.45) is -7.43. The van der Waals surface area contributed by atoms with Gasteiger partial charge in [0.15, 0.2) is 5.78 Å². The molecular formula is C20H18F6O2. The van der Waals surface area contributed by atoms with Crippen LogP contribution in [0.2, 0.25) is 0 Å². The lowest BCUT2D eigenvalue weighted by molar-refractivity contribution is -0.143. The molecule has 0 radical (unpaired) electrons. The van der Waals surface area contributed by atoms with Gasteiger partial charge in [0, 0.05) is 11.1 Å². The molecule has 0 unspecified atom stereocenters. The Morgan fingerprint density at radius 1 is 0.857 bits per heavy atom. The standard InChI is InChI=1S/C20H18F6O2/c1-2-3-4-12-28-14-10-8-13(9-11-14)18(27)17-15(19(21,22)23)6-5-7-16(17)20(24,25)26/h5-11H,2-4,12H2,1H3. The maximum atomic E-state index is 13.2. The predicted molar refractivity (Wildman–Crippen MR) is 91.3 cm³/mol. The van der Waals surface area contributed by atoms with E-state index in [9.17, 15) is 31.1 Å². The molecule has 0 aliphatic heterocycles. The van der Waals surface area contributed by atoms with Gasteiger partial charge in [-0.2, -0.15) is 26.3 Å². The summed E-state index contributed by atoms with van der Waals surface area (Å²) in [5, 5.41) is 0. The summed E-state index contributed by atoms with van der Waals surface area (Å²) in [6.45, 7) is 2.45. The van der Waals surface area contributed by atoms with Gasteiger partial charge in [-0.15, -0.1) is 0 Å². The largest absolute Gasteiger partial charge is 0.494 e. The molecule has 8 heteroatoms. The lowest BCUT2D eigenvalue weighted by atomic mass is 9.93. The topological polar surface area (TPSA) is 26.3 Å². The minimum atomic E-state index is -5.10. The molecule has 2 nitrogen and oxygen atoms in total. The highest BCUT2D eigenvalue weighted by atomic mass is 19.4. The first-order valence-corrected chi connectivity index (χ1v) is 8.60. The summed E-state index contributed by atoms with van der Waals surface area (Å²) < 4.78 is 84.7. The van der Waals surface area contributed by atoms with Gasteiger partial charge in [-0.05, 0) is 42.8 Å². The number of rotatable bonds is 7. The van der Waals surface area contributed by atoms with Crippen LogP contribution in [0.15, 0.2) is 42.5 Å². The summed E-state index contributed by atoms with van der Waals surface area (Å²) in [5.74, 6) is -0.967. The molecule has 0 bridgehead atoms. The maximum absolute atomic E-state index is 13.2. The smallest absolute Gasteiger partial charge is 0.417 e. The second kappa shape index (κ2) is 8.67. The number of ketones is 1. The Bertz CT molecular complexity index is 775. The third-order valence-corrected chi connectivity index (χ3v) is 4.04. The van der Waals surface area contributed by atoms with E-state index < -0.39 is 34.8 Å². The van der Waals surface area contributed by atoms with Gasteiger partial charge in [0.2, 0.25) is 0 Å². The number of halogens is 6. The molecule has 0 aliphatic rings. The van der Waals surface area contributed by atoms with Crippen molar-refractivity contribution >= 4 is 5.78 Å². The molecule has 0 N–H and O–H groups in total. The van der Waals surface area contributed by atoms with E-state index in [0.29, 0.717) is 30.6 Å². The fourth-order valence-corrected chi connectivity index (χ4v) is 2.66. The minimum Gasteiger partial charge on any atom is -0.494 e. The van der Waals surface area contributed by atoms with Gasteiger partial charge < -0.3 is 4.74 Å². The third kappa shape index (κ3) is 5.27. The van der Waals surface area contributed by atoms with Crippen molar-refractivity contribution in [3.63, 3.8) is 0 Å². The van der Waals surface area contributed by atoms with Gasteiger partial charge in [0.05, 0.1) is 17.7 Å². The molecule has 0 heterocycles. The Labute approximate surface area is 158 Å². The molecule has 152 valence electrons. The van der Waals surface area contributed by atoms with Crippen molar-refractivity contribution < 1.29 is 35.9 Å². The van der Waals surface area contributed by atoms with E-state index in [-0.39, 0.29) is 5.56 Å². The number of unbranched alkanes of at least 4 members (excludes halogenated alkanes) is 2. The lowest BCUT2D eigenvalue weighted by Crippen LogP contribution is -2.20. The number of carbonyl (C=O) groups excluding carboxylic acids is 1. The summed E-state index contributed by atoms with van der Waals surface area (Å²) in [7, 11) is 0. The molecule has 2 aromatic carbocycles. The van der Waals surface area contributed by atoms with Crippen LogP contribution in [0.3, 0.4) is 0 Å². The molecule has 0 spiro atoms. The van der Waals surface area contributed by atoms with E-state index in [4.69, 9.17) is 4.74 Å². The Balaban J connectivity index is 2.38. The molecule has 0 aromatic heterocycles. The molecule has 0 saturated heterocycles. The quantitative estimate of drug-likeness (QED) is 0.298. The van der Waals surface area contributed by atoms with Crippen molar-refractivity contribution in [3.8, 4) is 5.75 Å². The van der Waals surface area contributed by atoms with Crippen LogP contribution in [0.4, 0.5) is 26.3 Å². The van der Waals surface area contributed by atoms with Crippen LogP contribution in [0, 0.1) is 0 Å². The monoisotopic (exact) mass is 404 g/mol. The summed E-state index contributed by atoms with van der Waals surface area (Å²) >= 11 is 0. The first-order chi connectivity index (χ1) is 13.1. The number of benzene rings is 2. The van der Waals surface area contributed by atoms with Crippen molar-refractivity contribution in [1.29, 1.82) is 0 Å². The van der Waals surface area contributed by atoms with Crippen LogP contribution in [-0.4, -0.2) is 12.4 Å². The molecule has 0 amide bonds. The molecule has 0 saturated carbocycles. The SMILES string of the molecule is CCCCCOc1ccc(C(=O)c2c(C(F)(F)F)cccc2C(F)(F)F)cc1. The Hall–Kier alpha value is -2.51. The average Bonchev–Trinajstić information content (AvgIpc) is 2.63. The van der Waals surface area contributed by atoms with E-state index in [1.807, 2.05) is 6.92 Å². The Morgan fingerprint density at radius 3 is 1.86 bits per heavy atom. The summed E-state index contributed by atoms with van der Waals surface area (Å²) in [4.78, 5) is 12.6. The van der Waals surface area contributed by atoms with Gasteiger partial charge >= 0.3 is 12.4 Å². The second-order valence-electron chi connectivity index (χ2n) is 6.13. The van der Waals surface area contributed by atoms with Crippen molar-refractivity contribution in [2.75, 3.05) is 6.61 Å². The molecule has 28 heavy (non-hydrogen) atoms. The summed E-state index contributed by atoms with van der Waals surface area (Å²) in [5.41, 5.74) is -4.93. The second-order valence-corrected chi connectivity index (χ2v) is 6.13. The van der Waals surface area contributed by atoms with Crippen molar-refractivity contribution in [2.45, 2.75) is 38.5 Å². The van der Waals surface area contributed by atoms with Gasteiger partial charge in [0.25, 0.3) is 0 Å². The number of carbonyl (C=O) groups is 1. The lowest BCUT2D eigenvalue weighted by Gasteiger charge is -2.18. The molecule has 0 fully saturated rings. The van der Waals surface area contributed by atoms with Crippen LogP contribution in [0.25, 0.3) is 0 Å². The van der Waals surface area contributed by atoms with Crippen LogP contribution in [0.1, 0.15) is 53.2 Å². The van der Waals surface area contributed by atoms with E-state index in [2.05, 4.69) is 0 Å². The zero-order valence-corrected chi connectivity index (χ0v) is 15.0. The highest BCUT2D eigenvalue weighted by molar-refractivity contribution is 6.11. The Morgan fingerprint density at radius 2 is 1.39 bits per heavy atom. The summed E-state index contributed by atoms with van der Waals surface area (Å²) in [6, 6.07) is 6.58. The third-order valence-electron chi connectivity index (χ3n) is 4.04. The van der Waals surface area contributed by atoms with Crippen LogP contribution in [-0.2, 0) is 12.4 Å². The van der Waals surface area contributed by atoms with E-state index in [1.54, 1.807) is 0 Å². The van der Waals surface area contributed by atoms with Crippen molar-refractivity contribution in [1.82, 2.24) is 0 Å². The fraction of sp³-hybridized carbons (Fsp3) is 0.350. The highest BCUT2D eigenvalue weighted by Gasteiger charge is 2.42. The fourth-order valence-electron chi connectivity index (χ4n) is 2.66. The van der Waals surface area contributed by atoms with Crippen LogP contribution < -0.4 is 4.74 Å². The predicted octanol–water partition coefficient (Wildman–Crippen LogP) is 6.52. The first-order valence-electron chi connectivity index (χ1n) is 8.60. The van der Waals surface area contributed by atoms with Gasteiger partial charge in [-0.3, -0.25) is 4.79 Å². The Kier molecular flexibility index (Phi) is 6.74. The van der Waals surface area contributed by atoms with Crippen molar-refractivity contribution in [3.05, 3.63) is 64.7 Å². The van der Waals surface area contributed by atoms with Crippen LogP contribution >= 0.6 is 0 Å². The zero-order valence-electron chi connectivity index (χ0n) is 15.0. The van der Waals surface area contributed by atoms with E-state index >= 15 is 0 Å². The first kappa shape index (κ1) is 21.8. The van der Waals surface area contributed by atoms with E-state index in [1.165, 1.54) is 12.1 Å². The van der Waals surface area contributed by atoms with Gasteiger partial charge in [-0.1, -0.05) is 25.8 Å². The number of alkyl halides is 6. The molecular weight excluding hydrogens is 386 g/mol. The zero-order chi connectivity index (χ0) is 20.9. The van der Waals surface area contributed by atoms with E-state index in [0.717, 1.165) is 31.4 Å². The van der Waals surface area contributed by atoms with Crippen LogP contribution in [0.5, 0.6) is 5.75 Å². The number of ether oxygens (including phenoxy) is 1. The van der Waals surface area contributed by atoms with Gasteiger partial charge in [-0.25, -0.2) is 0 Å². The van der Waals surface area contributed by atoms with Gasteiger partial charge in [0.1, 0.15) is 5.75 Å². The molecule has 0 atom stereocenters.